The largest absolute Gasteiger partial charge is 0.497 e. The van der Waals surface area contributed by atoms with Crippen LogP contribution in [0.15, 0.2) is 36.4 Å². The number of hydrogen-bond acceptors (Lipinski definition) is 3. The van der Waals surface area contributed by atoms with E-state index in [4.69, 9.17) is 26.1 Å². The summed E-state index contributed by atoms with van der Waals surface area (Å²) in [6, 6.07) is 12.0. The van der Waals surface area contributed by atoms with E-state index in [1.807, 2.05) is 24.3 Å². The Kier molecular flexibility index (Phi) is 3.38. The molecule has 2 aromatic carbocycles. The number of benzene rings is 2. The van der Waals surface area contributed by atoms with Crippen LogP contribution in [0.1, 0.15) is 11.1 Å². The number of nitrogens with zero attached hydrogens (tertiary/aromatic N) is 1. The first-order valence-electron chi connectivity index (χ1n) is 7.54. The summed E-state index contributed by atoms with van der Waals surface area (Å²) < 4.78 is 10.6. The molecule has 0 amide bonds. The van der Waals surface area contributed by atoms with Gasteiger partial charge in [-0.25, -0.2) is 4.98 Å². The third kappa shape index (κ3) is 2.23. The van der Waals surface area contributed by atoms with E-state index in [1.54, 1.807) is 14.2 Å². The molecule has 23 heavy (non-hydrogen) atoms. The smallest absolute Gasteiger partial charge is 0.119 e. The number of halogens is 1. The summed E-state index contributed by atoms with van der Waals surface area (Å²) in [7, 11) is 3.35. The molecule has 116 valence electrons. The van der Waals surface area contributed by atoms with E-state index < -0.39 is 0 Å². The Hall–Kier alpha value is -2.26. The fourth-order valence-electron chi connectivity index (χ4n) is 3.22. The molecule has 0 saturated carbocycles. The van der Waals surface area contributed by atoms with E-state index in [0.29, 0.717) is 0 Å². The van der Waals surface area contributed by atoms with Gasteiger partial charge in [0, 0.05) is 10.9 Å². The van der Waals surface area contributed by atoms with Crippen molar-refractivity contribution in [3.63, 3.8) is 0 Å². The highest BCUT2D eigenvalue weighted by atomic mass is 35.5. The molecule has 0 saturated heterocycles. The summed E-state index contributed by atoms with van der Waals surface area (Å²) in [4.78, 5) is 4.87. The standard InChI is InChI=1S/C19H16ClNO2/c1-22-12-4-7-14-11(9-12)3-6-15-18(20)16-10-13(23-2)5-8-17(16)21-19(14)15/h4-5,7-10H,3,6H2,1-2H3. The van der Waals surface area contributed by atoms with Crippen LogP contribution in [0.2, 0.25) is 5.02 Å². The third-order valence-electron chi connectivity index (χ3n) is 4.44. The van der Waals surface area contributed by atoms with Crippen molar-refractivity contribution < 1.29 is 9.47 Å². The highest BCUT2D eigenvalue weighted by molar-refractivity contribution is 6.36. The van der Waals surface area contributed by atoms with E-state index >= 15 is 0 Å². The van der Waals surface area contributed by atoms with Gasteiger partial charge in [0.05, 0.1) is 30.5 Å². The van der Waals surface area contributed by atoms with Gasteiger partial charge in [0.15, 0.2) is 0 Å². The van der Waals surface area contributed by atoms with Gasteiger partial charge in [-0.1, -0.05) is 11.6 Å². The molecule has 3 nitrogen and oxygen atoms in total. The second kappa shape index (κ2) is 5.43. The lowest BCUT2D eigenvalue weighted by Gasteiger charge is -2.21. The number of rotatable bonds is 2. The number of fused-ring (bicyclic) bond motifs is 4. The monoisotopic (exact) mass is 325 g/mol. The molecule has 0 N–H and O–H groups in total. The maximum atomic E-state index is 6.69. The van der Waals surface area contributed by atoms with E-state index in [2.05, 4.69) is 12.1 Å². The molecule has 0 bridgehead atoms. The Labute approximate surface area is 139 Å². The fraction of sp³-hybridized carbons (Fsp3) is 0.211. The van der Waals surface area contributed by atoms with E-state index in [9.17, 15) is 0 Å². The Morgan fingerprint density at radius 3 is 2.48 bits per heavy atom. The van der Waals surface area contributed by atoms with Crippen LogP contribution in [-0.2, 0) is 12.8 Å². The molecule has 4 heteroatoms. The molecule has 1 aliphatic carbocycles. The lowest BCUT2D eigenvalue weighted by Crippen LogP contribution is -2.07. The van der Waals surface area contributed by atoms with Crippen LogP contribution in [0.4, 0.5) is 0 Å². The highest BCUT2D eigenvalue weighted by Crippen LogP contribution is 2.40. The second-order valence-corrected chi connectivity index (χ2v) is 6.04. The van der Waals surface area contributed by atoms with Crippen molar-refractivity contribution >= 4 is 22.5 Å². The minimum absolute atomic E-state index is 0.783. The minimum Gasteiger partial charge on any atom is -0.497 e. The molecule has 0 unspecified atom stereocenters. The lowest BCUT2D eigenvalue weighted by atomic mass is 9.88. The van der Waals surface area contributed by atoms with Gasteiger partial charge in [-0.2, -0.15) is 0 Å². The second-order valence-electron chi connectivity index (χ2n) is 5.66. The summed E-state index contributed by atoms with van der Waals surface area (Å²) >= 11 is 6.69. The normalized spacial score (nSPS) is 12.7. The summed E-state index contributed by atoms with van der Waals surface area (Å²) in [5.74, 6) is 1.67. The Balaban J connectivity index is 1.97. The van der Waals surface area contributed by atoms with Crippen LogP contribution in [0, 0.1) is 0 Å². The van der Waals surface area contributed by atoms with Crippen molar-refractivity contribution in [1.82, 2.24) is 4.98 Å². The number of aromatic nitrogens is 1. The molecule has 1 heterocycles. The predicted molar refractivity (Wildman–Crippen MR) is 92.7 cm³/mol. The first-order chi connectivity index (χ1) is 11.2. The molecule has 0 radical (unpaired) electrons. The zero-order valence-corrected chi connectivity index (χ0v) is 13.8. The lowest BCUT2D eigenvalue weighted by molar-refractivity contribution is 0.414. The van der Waals surface area contributed by atoms with Crippen LogP contribution in [0.5, 0.6) is 11.5 Å². The molecule has 3 aromatic rings. The maximum absolute atomic E-state index is 6.69. The molecule has 0 atom stereocenters. The van der Waals surface area contributed by atoms with Gasteiger partial charge in [0.1, 0.15) is 11.5 Å². The molecular formula is C19H16ClNO2. The van der Waals surface area contributed by atoms with Gasteiger partial charge in [-0.05, 0) is 60.4 Å². The molecule has 4 rings (SSSR count). The SMILES string of the molecule is COc1ccc2c(c1)CCc1c-2nc2ccc(OC)cc2c1Cl. The maximum Gasteiger partial charge on any atom is 0.119 e. The van der Waals surface area contributed by atoms with Crippen molar-refractivity contribution in [2.75, 3.05) is 14.2 Å². The first-order valence-corrected chi connectivity index (χ1v) is 7.92. The van der Waals surface area contributed by atoms with Crippen LogP contribution in [-0.4, -0.2) is 19.2 Å². The van der Waals surface area contributed by atoms with Crippen LogP contribution >= 0.6 is 11.6 Å². The van der Waals surface area contributed by atoms with Crippen LogP contribution in [0.25, 0.3) is 22.2 Å². The zero-order valence-electron chi connectivity index (χ0n) is 13.0. The number of methoxy groups -OCH3 is 2. The topological polar surface area (TPSA) is 31.4 Å². The number of ether oxygens (including phenoxy) is 2. The fourth-order valence-corrected chi connectivity index (χ4v) is 3.55. The Bertz CT molecular complexity index is 921. The van der Waals surface area contributed by atoms with Crippen molar-refractivity contribution in [3.05, 3.63) is 52.5 Å². The minimum atomic E-state index is 0.783. The van der Waals surface area contributed by atoms with Crippen molar-refractivity contribution in [3.8, 4) is 22.8 Å². The van der Waals surface area contributed by atoms with E-state index in [-0.39, 0.29) is 0 Å². The molecule has 0 aliphatic heterocycles. The predicted octanol–water partition coefficient (Wildman–Crippen LogP) is 4.67. The first kappa shape index (κ1) is 14.3. The summed E-state index contributed by atoms with van der Waals surface area (Å²) in [6.45, 7) is 0. The Morgan fingerprint density at radius 1 is 0.957 bits per heavy atom. The van der Waals surface area contributed by atoms with Crippen LogP contribution in [0.3, 0.4) is 0 Å². The average Bonchev–Trinajstić information content (AvgIpc) is 2.61. The molecule has 1 aromatic heterocycles. The van der Waals surface area contributed by atoms with E-state index in [1.165, 1.54) is 5.56 Å². The van der Waals surface area contributed by atoms with Gasteiger partial charge >= 0.3 is 0 Å². The third-order valence-corrected chi connectivity index (χ3v) is 4.87. The quantitative estimate of drug-likeness (QED) is 0.686. The summed E-state index contributed by atoms with van der Waals surface area (Å²) in [6.07, 6.45) is 1.82. The van der Waals surface area contributed by atoms with Gasteiger partial charge in [0.25, 0.3) is 0 Å². The van der Waals surface area contributed by atoms with E-state index in [0.717, 1.165) is 57.1 Å². The van der Waals surface area contributed by atoms with Gasteiger partial charge in [-0.3, -0.25) is 0 Å². The zero-order chi connectivity index (χ0) is 16.0. The highest BCUT2D eigenvalue weighted by Gasteiger charge is 2.22. The summed E-state index contributed by atoms with van der Waals surface area (Å²) in [5.41, 5.74) is 5.39. The molecule has 0 spiro atoms. The Morgan fingerprint density at radius 2 is 1.70 bits per heavy atom. The number of pyridine rings is 1. The summed E-state index contributed by atoms with van der Waals surface area (Å²) in [5, 5.41) is 1.73. The van der Waals surface area contributed by atoms with Crippen molar-refractivity contribution in [2.45, 2.75) is 12.8 Å². The average molecular weight is 326 g/mol. The molecule has 0 fully saturated rings. The molecule has 1 aliphatic rings. The number of hydrogen-bond donors (Lipinski definition) is 0. The number of aryl methyl sites for hydroxylation is 1. The van der Waals surface area contributed by atoms with Gasteiger partial charge in [0.2, 0.25) is 0 Å². The van der Waals surface area contributed by atoms with Crippen molar-refractivity contribution in [2.24, 2.45) is 0 Å². The van der Waals surface area contributed by atoms with Gasteiger partial charge < -0.3 is 9.47 Å². The van der Waals surface area contributed by atoms with Crippen LogP contribution < -0.4 is 9.47 Å². The molecular weight excluding hydrogens is 310 g/mol. The van der Waals surface area contributed by atoms with Gasteiger partial charge in [-0.15, -0.1) is 0 Å². The van der Waals surface area contributed by atoms with Crippen molar-refractivity contribution in [1.29, 1.82) is 0 Å².